The van der Waals surface area contributed by atoms with Gasteiger partial charge in [-0.1, -0.05) is 36.4 Å². The molecule has 0 spiro atoms. The minimum absolute atomic E-state index is 0. The number of rotatable bonds is 3. The van der Waals surface area contributed by atoms with E-state index in [0.717, 1.165) is 48.6 Å². The van der Waals surface area contributed by atoms with Crippen LogP contribution in [0.4, 0.5) is 14.6 Å². The zero-order chi connectivity index (χ0) is 32.7. The summed E-state index contributed by atoms with van der Waals surface area (Å²) in [6.45, 7) is 6.45. The van der Waals surface area contributed by atoms with Gasteiger partial charge in [0.2, 0.25) is 0 Å². The van der Waals surface area contributed by atoms with Gasteiger partial charge in [-0.3, -0.25) is 15.2 Å². The first kappa shape index (κ1) is 31.7. The van der Waals surface area contributed by atoms with Crippen LogP contribution in [0.1, 0.15) is 39.6 Å². The van der Waals surface area contributed by atoms with Gasteiger partial charge in [-0.25, -0.2) is 8.78 Å². The van der Waals surface area contributed by atoms with Crippen LogP contribution in [-0.2, 0) is 20.6 Å². The monoisotopic (exact) mass is 662 g/mol. The lowest BCUT2D eigenvalue weighted by atomic mass is 9.94. The average molecular weight is 663 g/mol. The van der Waals surface area contributed by atoms with Crippen molar-refractivity contribution in [3.05, 3.63) is 54.0 Å². The molecule has 7 heterocycles. The molecule has 12 heteroatoms. The maximum atomic E-state index is 17.1. The summed E-state index contributed by atoms with van der Waals surface area (Å²) in [5.41, 5.74) is 1.25. The highest BCUT2D eigenvalue weighted by atomic mass is 19.1. The summed E-state index contributed by atoms with van der Waals surface area (Å²) in [6.07, 6.45) is 4.57. The second kappa shape index (κ2) is 13.1. The fraction of sp³-hybridized carbons (Fsp3) is 0.528. The topological polar surface area (TPSA) is 94.1 Å². The Kier molecular flexibility index (Phi) is 8.62. The number of anilines is 1. The number of ether oxygens (including phenoxy) is 4. The molecule has 4 aromatic rings. The minimum atomic E-state index is -0.888. The SMILES string of the molecule is CC12COCCN(C1)c1nc(OC[C@@]34CCCN3C[C@H](F)C4)nc3c(F)c(ncc13)-c1cccc3cccc(c13)CCCOCOCN2.[HH]. The third kappa shape index (κ3) is 5.98. The molecule has 10 nitrogen and oxygen atoms in total. The first-order chi connectivity index (χ1) is 23.4. The van der Waals surface area contributed by atoms with Crippen molar-refractivity contribution in [2.75, 3.05) is 71.0 Å². The van der Waals surface area contributed by atoms with E-state index < -0.39 is 23.1 Å². The van der Waals surface area contributed by atoms with Crippen molar-refractivity contribution in [3.8, 4) is 17.3 Å². The zero-order valence-corrected chi connectivity index (χ0v) is 27.4. The largest absolute Gasteiger partial charge is 0.461 e. The molecule has 3 fully saturated rings. The van der Waals surface area contributed by atoms with Crippen LogP contribution >= 0.6 is 0 Å². The summed E-state index contributed by atoms with van der Waals surface area (Å²) < 4.78 is 55.6. The maximum absolute atomic E-state index is 17.1. The standard InChI is InChI=1S/C36H42F2N6O4.H2/c1-35-19-43(13-15-45-20-35)33-28-17-39-31(27-10-3-8-24-6-2-7-25(29(24)27)9-4-14-46-23-47-22-40-35)30(38)32(28)41-34(42-33)48-21-36-11-5-12-44(36)18-26(37)16-36;/h2-3,6-8,10,17,26,40H,4-5,9,11-16,18-23H2,1H3;1H/t26-,35?,36+;/m1./s1. The highest BCUT2D eigenvalue weighted by Gasteiger charge is 2.49. The predicted octanol–water partition coefficient (Wildman–Crippen LogP) is 5.26. The Labute approximate surface area is 280 Å². The molecule has 6 bridgehead atoms. The normalized spacial score (nSPS) is 27.1. The Morgan fingerprint density at radius 2 is 1.98 bits per heavy atom. The van der Waals surface area contributed by atoms with Crippen LogP contribution in [0.5, 0.6) is 6.01 Å². The number of nitrogens with zero attached hydrogens (tertiary/aromatic N) is 5. The molecular weight excluding hydrogens is 618 g/mol. The van der Waals surface area contributed by atoms with Gasteiger partial charge in [-0.15, -0.1) is 0 Å². The molecule has 2 aromatic carbocycles. The molecule has 3 saturated heterocycles. The van der Waals surface area contributed by atoms with Gasteiger partial charge in [0.25, 0.3) is 0 Å². The quantitative estimate of drug-likeness (QED) is 0.313. The van der Waals surface area contributed by atoms with Gasteiger partial charge in [-0.2, -0.15) is 9.97 Å². The lowest BCUT2D eigenvalue weighted by Gasteiger charge is -2.34. The zero-order valence-electron chi connectivity index (χ0n) is 27.4. The number of aryl methyl sites for hydroxylation is 1. The number of aromatic nitrogens is 3. The van der Waals surface area contributed by atoms with Gasteiger partial charge in [-0.05, 0) is 55.5 Å². The van der Waals surface area contributed by atoms with E-state index in [1.54, 1.807) is 6.20 Å². The van der Waals surface area contributed by atoms with Crippen molar-refractivity contribution in [1.82, 2.24) is 25.2 Å². The Bertz CT molecular complexity index is 1820. The average Bonchev–Trinajstić information content (AvgIpc) is 3.53. The Hall–Kier alpha value is -3.55. The molecule has 0 saturated carbocycles. The molecule has 5 aliphatic heterocycles. The number of pyridine rings is 1. The number of alkyl halides is 1. The number of halogens is 2. The molecule has 0 aliphatic carbocycles. The fourth-order valence-corrected chi connectivity index (χ4v) is 8.04. The van der Waals surface area contributed by atoms with E-state index >= 15 is 4.39 Å². The van der Waals surface area contributed by atoms with E-state index in [4.69, 9.17) is 33.9 Å². The Morgan fingerprint density at radius 3 is 2.90 bits per heavy atom. The van der Waals surface area contributed by atoms with Crippen molar-refractivity contribution in [3.63, 3.8) is 0 Å². The lowest BCUT2D eigenvalue weighted by Crippen LogP contribution is -2.54. The van der Waals surface area contributed by atoms with Crippen LogP contribution < -0.4 is 15.0 Å². The molecule has 5 aliphatic rings. The van der Waals surface area contributed by atoms with Crippen LogP contribution in [0.3, 0.4) is 0 Å². The van der Waals surface area contributed by atoms with Crippen LogP contribution in [0, 0.1) is 5.82 Å². The molecule has 256 valence electrons. The van der Waals surface area contributed by atoms with Gasteiger partial charge < -0.3 is 23.8 Å². The second-order valence-electron chi connectivity index (χ2n) is 13.9. The Balaban J connectivity index is 0.00000378. The summed E-state index contributed by atoms with van der Waals surface area (Å²) in [6, 6.07) is 12.1. The van der Waals surface area contributed by atoms with Crippen molar-refractivity contribution < 1.29 is 29.2 Å². The molecule has 1 unspecified atom stereocenters. The van der Waals surface area contributed by atoms with Gasteiger partial charge >= 0.3 is 6.01 Å². The van der Waals surface area contributed by atoms with Crippen LogP contribution in [0.2, 0.25) is 0 Å². The molecule has 2 aromatic heterocycles. The van der Waals surface area contributed by atoms with Crippen LogP contribution in [-0.4, -0.2) is 103 Å². The number of fused-ring (bicyclic) bond motifs is 9. The number of hydrogen-bond donors (Lipinski definition) is 1. The van der Waals surface area contributed by atoms with Gasteiger partial charge in [0.1, 0.15) is 36.6 Å². The molecule has 9 rings (SSSR count). The number of hydrogen-bond acceptors (Lipinski definition) is 10. The minimum Gasteiger partial charge on any atom is -0.461 e. The first-order valence-corrected chi connectivity index (χ1v) is 17.0. The van der Waals surface area contributed by atoms with E-state index in [-0.39, 0.29) is 38.8 Å². The number of nitrogens with one attached hydrogen (secondary N) is 1. The first-order valence-electron chi connectivity index (χ1n) is 17.0. The van der Waals surface area contributed by atoms with E-state index in [1.807, 2.05) is 30.3 Å². The summed E-state index contributed by atoms with van der Waals surface area (Å²) in [4.78, 5) is 18.6. The van der Waals surface area contributed by atoms with E-state index in [9.17, 15) is 4.39 Å². The van der Waals surface area contributed by atoms with Crippen molar-refractivity contribution in [2.45, 2.75) is 56.3 Å². The fourth-order valence-electron chi connectivity index (χ4n) is 8.04. The third-order valence-corrected chi connectivity index (χ3v) is 10.4. The van der Waals surface area contributed by atoms with E-state index in [1.165, 1.54) is 0 Å². The summed E-state index contributed by atoms with van der Waals surface area (Å²) in [5.74, 6) is -0.0157. The summed E-state index contributed by atoms with van der Waals surface area (Å²) in [7, 11) is 0. The number of benzene rings is 2. The van der Waals surface area contributed by atoms with Gasteiger partial charge in [0.05, 0.1) is 36.4 Å². The van der Waals surface area contributed by atoms with Crippen molar-refractivity contribution in [2.24, 2.45) is 0 Å². The smallest absolute Gasteiger partial charge is 0.319 e. The second-order valence-corrected chi connectivity index (χ2v) is 13.9. The molecular formula is C36H44F2N6O4. The summed E-state index contributed by atoms with van der Waals surface area (Å²) in [5, 5.41) is 5.92. The highest BCUT2D eigenvalue weighted by Crippen LogP contribution is 2.41. The maximum Gasteiger partial charge on any atom is 0.319 e. The highest BCUT2D eigenvalue weighted by molar-refractivity contribution is 6.00. The van der Waals surface area contributed by atoms with Crippen molar-refractivity contribution >= 4 is 27.5 Å². The van der Waals surface area contributed by atoms with Crippen molar-refractivity contribution in [1.29, 1.82) is 0 Å². The van der Waals surface area contributed by atoms with Crippen LogP contribution in [0.15, 0.2) is 42.6 Å². The van der Waals surface area contributed by atoms with E-state index in [2.05, 4.69) is 28.1 Å². The predicted molar refractivity (Wildman–Crippen MR) is 181 cm³/mol. The third-order valence-electron chi connectivity index (χ3n) is 10.4. The molecule has 3 atom stereocenters. The van der Waals surface area contributed by atoms with Gasteiger partial charge in [0, 0.05) is 45.8 Å². The summed E-state index contributed by atoms with van der Waals surface area (Å²) >= 11 is 0. The Morgan fingerprint density at radius 1 is 1.08 bits per heavy atom. The molecule has 48 heavy (non-hydrogen) atoms. The molecule has 1 N–H and O–H groups in total. The van der Waals surface area contributed by atoms with Gasteiger partial charge in [0.15, 0.2) is 5.82 Å². The van der Waals surface area contributed by atoms with E-state index in [0.29, 0.717) is 62.6 Å². The van der Waals surface area contributed by atoms with Crippen LogP contribution in [0.25, 0.3) is 32.9 Å². The molecule has 0 amide bonds. The molecule has 0 radical (unpaired) electrons. The lowest BCUT2D eigenvalue weighted by molar-refractivity contribution is -0.0678.